The lowest BCUT2D eigenvalue weighted by Crippen LogP contribution is -2.49. The number of carbonyl (C=O) groups is 1. The van der Waals surface area contributed by atoms with E-state index in [-0.39, 0.29) is 36.1 Å². The number of hydrogen-bond acceptors (Lipinski definition) is 3. The van der Waals surface area contributed by atoms with Crippen LogP contribution in [0.15, 0.2) is 30.3 Å². The molecule has 1 spiro atoms. The third-order valence-corrected chi connectivity index (χ3v) is 6.32. The molecule has 0 radical (unpaired) electrons. The van der Waals surface area contributed by atoms with Gasteiger partial charge in [-0.1, -0.05) is 12.1 Å². The van der Waals surface area contributed by atoms with Crippen molar-refractivity contribution in [2.75, 3.05) is 13.1 Å². The third-order valence-electron chi connectivity index (χ3n) is 6.32. The summed E-state index contributed by atoms with van der Waals surface area (Å²) in [6, 6.07) is 8.35. The summed E-state index contributed by atoms with van der Waals surface area (Å²) in [6.45, 7) is 2.12. The first-order valence-corrected chi connectivity index (χ1v) is 9.40. The van der Waals surface area contributed by atoms with E-state index in [0.29, 0.717) is 24.2 Å². The summed E-state index contributed by atoms with van der Waals surface area (Å²) in [7, 11) is 0. The van der Waals surface area contributed by atoms with Crippen LogP contribution in [0.25, 0.3) is 0 Å². The van der Waals surface area contributed by atoms with Gasteiger partial charge in [-0.05, 0) is 54.9 Å². The molecule has 0 bridgehead atoms. The van der Waals surface area contributed by atoms with Crippen molar-refractivity contribution in [1.82, 2.24) is 14.7 Å². The Kier molecular flexibility index (Phi) is 4.51. The molecule has 2 unspecified atom stereocenters. The van der Waals surface area contributed by atoms with Crippen LogP contribution in [-0.2, 0) is 13.0 Å². The Morgan fingerprint density at radius 1 is 1.26 bits per heavy atom. The van der Waals surface area contributed by atoms with Crippen molar-refractivity contribution in [2.24, 2.45) is 11.1 Å². The summed E-state index contributed by atoms with van der Waals surface area (Å²) in [6.07, 6.45) is 4.41. The zero-order valence-corrected chi connectivity index (χ0v) is 15.9. The molecule has 1 amide bonds. The van der Waals surface area contributed by atoms with Crippen molar-refractivity contribution < 1.29 is 9.18 Å². The predicted octanol–water partition coefficient (Wildman–Crippen LogP) is 2.74. The van der Waals surface area contributed by atoms with Gasteiger partial charge in [0.1, 0.15) is 5.82 Å². The molecule has 1 aromatic heterocycles. The Morgan fingerprint density at radius 3 is 2.63 bits per heavy atom. The lowest BCUT2D eigenvalue weighted by Gasteiger charge is -2.36. The van der Waals surface area contributed by atoms with Crippen LogP contribution in [-0.4, -0.2) is 39.7 Å². The first-order chi connectivity index (χ1) is 12.5. The van der Waals surface area contributed by atoms with E-state index in [0.717, 1.165) is 24.9 Å². The standard InChI is InChI=1S/C20H23FN4O.ClH/c21-14-3-1-13(2-4-14)16-5-8-24(11-17(16)22)19(26)18-9-15-10-20(6-7-20)12-25(15)23-18;/h1-4,9,16-17H,5-8,10-12,22H2;1H. The van der Waals surface area contributed by atoms with E-state index in [1.807, 2.05) is 15.6 Å². The highest BCUT2D eigenvalue weighted by Gasteiger charge is 2.48. The molecular weight excluding hydrogens is 367 g/mol. The first kappa shape index (κ1) is 18.4. The van der Waals surface area contributed by atoms with Crippen LogP contribution in [0, 0.1) is 11.2 Å². The monoisotopic (exact) mass is 390 g/mol. The summed E-state index contributed by atoms with van der Waals surface area (Å²) in [5.74, 6) is -0.109. The zero-order chi connectivity index (χ0) is 17.9. The highest BCUT2D eigenvalue weighted by atomic mass is 35.5. The first-order valence-electron chi connectivity index (χ1n) is 9.40. The van der Waals surface area contributed by atoms with Crippen molar-refractivity contribution >= 4 is 18.3 Å². The van der Waals surface area contributed by atoms with E-state index >= 15 is 0 Å². The van der Waals surface area contributed by atoms with Gasteiger partial charge in [0.15, 0.2) is 5.69 Å². The number of likely N-dealkylation sites (tertiary alicyclic amines) is 1. The summed E-state index contributed by atoms with van der Waals surface area (Å²) < 4.78 is 15.2. The topological polar surface area (TPSA) is 64.2 Å². The number of benzene rings is 1. The molecule has 5 nitrogen and oxygen atoms in total. The summed E-state index contributed by atoms with van der Waals surface area (Å²) in [5, 5.41) is 4.56. The molecule has 2 aromatic rings. The van der Waals surface area contributed by atoms with E-state index in [2.05, 4.69) is 5.10 Å². The fourth-order valence-corrected chi connectivity index (χ4v) is 4.56. The average molecular weight is 391 g/mol. The zero-order valence-electron chi connectivity index (χ0n) is 15.1. The second-order valence-corrected chi connectivity index (χ2v) is 8.22. The lowest BCUT2D eigenvalue weighted by atomic mass is 9.85. The van der Waals surface area contributed by atoms with Crippen LogP contribution in [0.2, 0.25) is 0 Å². The molecule has 27 heavy (non-hydrogen) atoms. The van der Waals surface area contributed by atoms with E-state index < -0.39 is 0 Å². The minimum atomic E-state index is -0.240. The molecule has 2 atom stereocenters. The van der Waals surface area contributed by atoms with Crippen molar-refractivity contribution in [3.63, 3.8) is 0 Å². The van der Waals surface area contributed by atoms with Gasteiger partial charge in [-0.3, -0.25) is 9.48 Å². The highest BCUT2D eigenvalue weighted by molar-refractivity contribution is 5.92. The Balaban J connectivity index is 0.00000180. The number of carbonyl (C=O) groups excluding carboxylic acids is 1. The SMILES string of the molecule is Cl.NC1CN(C(=O)c2cc3n(n2)CC2(CC2)C3)CCC1c1ccc(F)cc1. The smallest absolute Gasteiger partial charge is 0.274 e. The molecule has 2 fully saturated rings. The third kappa shape index (κ3) is 3.25. The van der Waals surface area contributed by atoms with Crippen molar-refractivity contribution in [3.05, 3.63) is 53.1 Å². The molecule has 3 heterocycles. The van der Waals surface area contributed by atoms with Gasteiger partial charge in [-0.2, -0.15) is 5.10 Å². The number of piperidine rings is 1. The Labute approximate surface area is 164 Å². The molecule has 2 N–H and O–H groups in total. The number of hydrogen-bond donors (Lipinski definition) is 1. The van der Waals surface area contributed by atoms with Crippen molar-refractivity contribution in [2.45, 2.75) is 44.2 Å². The van der Waals surface area contributed by atoms with Crippen LogP contribution in [0.4, 0.5) is 4.39 Å². The quantitative estimate of drug-likeness (QED) is 0.857. The Bertz CT molecular complexity index is 836. The molecule has 3 aliphatic rings. The minimum Gasteiger partial charge on any atom is -0.336 e. The van der Waals surface area contributed by atoms with Crippen LogP contribution < -0.4 is 5.73 Å². The van der Waals surface area contributed by atoms with Crippen molar-refractivity contribution in [3.8, 4) is 0 Å². The van der Waals surface area contributed by atoms with Gasteiger partial charge in [0.2, 0.25) is 0 Å². The molecule has 1 saturated carbocycles. The van der Waals surface area contributed by atoms with Crippen LogP contribution >= 0.6 is 12.4 Å². The molecule has 1 aliphatic carbocycles. The lowest BCUT2D eigenvalue weighted by molar-refractivity contribution is 0.0686. The van der Waals surface area contributed by atoms with Gasteiger partial charge in [-0.15, -0.1) is 12.4 Å². The summed E-state index contributed by atoms with van der Waals surface area (Å²) in [4.78, 5) is 14.7. The number of fused-ring (bicyclic) bond motifs is 1. The number of amides is 1. The van der Waals surface area contributed by atoms with Gasteiger partial charge in [-0.25, -0.2) is 4.39 Å². The van der Waals surface area contributed by atoms with Gasteiger partial charge in [0.05, 0.1) is 0 Å². The number of aromatic nitrogens is 2. The average Bonchev–Trinajstić information content (AvgIpc) is 3.13. The van der Waals surface area contributed by atoms with Crippen LogP contribution in [0.1, 0.15) is 46.9 Å². The maximum atomic E-state index is 13.1. The minimum absolute atomic E-state index is 0. The number of nitrogens with zero attached hydrogens (tertiary/aromatic N) is 3. The fourth-order valence-electron chi connectivity index (χ4n) is 4.56. The fraction of sp³-hybridized carbons (Fsp3) is 0.500. The van der Waals surface area contributed by atoms with Gasteiger partial charge in [0.25, 0.3) is 5.91 Å². The second kappa shape index (κ2) is 6.60. The summed E-state index contributed by atoms with van der Waals surface area (Å²) >= 11 is 0. The van der Waals surface area contributed by atoms with E-state index in [4.69, 9.17) is 5.73 Å². The van der Waals surface area contributed by atoms with Crippen LogP contribution in [0.5, 0.6) is 0 Å². The molecule has 144 valence electrons. The van der Waals surface area contributed by atoms with Gasteiger partial charge >= 0.3 is 0 Å². The largest absolute Gasteiger partial charge is 0.336 e. The van der Waals surface area contributed by atoms with E-state index in [1.54, 1.807) is 12.1 Å². The normalized spacial score (nSPS) is 25.2. The summed E-state index contributed by atoms with van der Waals surface area (Å²) in [5.41, 5.74) is 9.60. The Morgan fingerprint density at radius 2 is 2.00 bits per heavy atom. The number of rotatable bonds is 2. The molecule has 2 aliphatic heterocycles. The molecule has 1 aromatic carbocycles. The number of nitrogens with two attached hydrogens (primary N) is 1. The molecule has 1 saturated heterocycles. The van der Waals surface area contributed by atoms with Gasteiger partial charge in [0, 0.05) is 37.3 Å². The predicted molar refractivity (Wildman–Crippen MR) is 102 cm³/mol. The number of halogens is 2. The maximum Gasteiger partial charge on any atom is 0.274 e. The molecule has 5 rings (SSSR count). The van der Waals surface area contributed by atoms with Crippen molar-refractivity contribution in [1.29, 1.82) is 0 Å². The highest BCUT2D eigenvalue weighted by Crippen LogP contribution is 2.53. The van der Waals surface area contributed by atoms with Crippen LogP contribution in [0.3, 0.4) is 0 Å². The van der Waals surface area contributed by atoms with E-state index in [9.17, 15) is 9.18 Å². The molecular formula is C20H24ClFN4O. The van der Waals surface area contributed by atoms with Gasteiger partial charge < -0.3 is 10.6 Å². The maximum absolute atomic E-state index is 13.1. The Hall–Kier alpha value is -1.92. The molecule has 7 heteroatoms. The van der Waals surface area contributed by atoms with E-state index in [1.165, 1.54) is 30.7 Å². The second-order valence-electron chi connectivity index (χ2n) is 8.22.